The largest absolute Gasteiger partial charge is 0.449 e. The van der Waals surface area contributed by atoms with Crippen molar-refractivity contribution in [2.24, 2.45) is 5.73 Å². The lowest BCUT2D eigenvalue weighted by molar-refractivity contribution is -0.118. The number of benzene rings is 1. The van der Waals surface area contributed by atoms with E-state index in [1.165, 1.54) is 0 Å². The van der Waals surface area contributed by atoms with E-state index in [0.717, 1.165) is 23.4 Å². The molecule has 0 bridgehead atoms. The Bertz CT molecular complexity index is 545. The molecule has 2 rings (SSSR count). The lowest BCUT2D eigenvalue weighted by atomic mass is 10.1. The molecule has 1 aromatic rings. The number of carbonyl (C=O) groups excluding carboxylic acids is 2. The van der Waals surface area contributed by atoms with Gasteiger partial charge in [-0.25, -0.2) is 4.79 Å². The number of hydrogen-bond donors (Lipinski definition) is 2. The summed E-state index contributed by atoms with van der Waals surface area (Å²) >= 11 is 0. The Hall–Kier alpha value is -2.24. The maximum Gasteiger partial charge on any atom is 0.414 e. The molecule has 1 aliphatic heterocycles. The Morgan fingerprint density at radius 3 is 2.81 bits per heavy atom. The van der Waals surface area contributed by atoms with Crippen LogP contribution in [-0.2, 0) is 16.0 Å². The van der Waals surface area contributed by atoms with E-state index in [1.807, 2.05) is 25.1 Å². The first-order valence-electron chi connectivity index (χ1n) is 7.19. The molecule has 0 fully saturated rings. The Morgan fingerprint density at radius 2 is 2.19 bits per heavy atom. The first kappa shape index (κ1) is 15.2. The SMILES string of the molecule is CCOC(=O)N1CCc2cc(NC(CC)C(N)=O)ccc21. The van der Waals surface area contributed by atoms with Crippen molar-refractivity contribution in [3.05, 3.63) is 23.8 Å². The van der Waals surface area contributed by atoms with Crippen LogP contribution < -0.4 is 16.0 Å². The van der Waals surface area contributed by atoms with Crippen molar-refractivity contribution in [2.75, 3.05) is 23.4 Å². The van der Waals surface area contributed by atoms with Gasteiger partial charge in [0.05, 0.1) is 12.3 Å². The second kappa shape index (κ2) is 6.47. The van der Waals surface area contributed by atoms with Crippen LogP contribution in [-0.4, -0.2) is 31.2 Å². The number of ether oxygens (including phenoxy) is 1. The van der Waals surface area contributed by atoms with Crippen LogP contribution in [0.3, 0.4) is 0 Å². The first-order chi connectivity index (χ1) is 10.1. The van der Waals surface area contributed by atoms with Crippen LogP contribution in [0.15, 0.2) is 18.2 Å². The van der Waals surface area contributed by atoms with Crippen molar-refractivity contribution >= 4 is 23.4 Å². The topological polar surface area (TPSA) is 84.7 Å². The van der Waals surface area contributed by atoms with E-state index in [0.29, 0.717) is 19.6 Å². The third kappa shape index (κ3) is 3.26. The zero-order valence-electron chi connectivity index (χ0n) is 12.4. The maximum atomic E-state index is 11.8. The average molecular weight is 291 g/mol. The zero-order valence-corrected chi connectivity index (χ0v) is 12.4. The summed E-state index contributed by atoms with van der Waals surface area (Å²) in [6, 6.07) is 5.29. The van der Waals surface area contributed by atoms with Crippen LogP contribution in [0.2, 0.25) is 0 Å². The van der Waals surface area contributed by atoms with Crippen molar-refractivity contribution in [2.45, 2.75) is 32.7 Å². The molecule has 0 aromatic heterocycles. The molecule has 3 N–H and O–H groups in total. The number of rotatable bonds is 5. The molecule has 1 unspecified atom stereocenters. The van der Waals surface area contributed by atoms with E-state index in [2.05, 4.69) is 5.32 Å². The van der Waals surface area contributed by atoms with Gasteiger partial charge < -0.3 is 15.8 Å². The first-order valence-corrected chi connectivity index (χ1v) is 7.19. The van der Waals surface area contributed by atoms with Gasteiger partial charge in [0, 0.05) is 12.2 Å². The molecule has 0 saturated heterocycles. The summed E-state index contributed by atoms with van der Waals surface area (Å²) in [7, 11) is 0. The summed E-state index contributed by atoms with van der Waals surface area (Å²) in [5, 5.41) is 3.12. The predicted molar refractivity (Wildman–Crippen MR) is 81.4 cm³/mol. The zero-order chi connectivity index (χ0) is 15.4. The van der Waals surface area contributed by atoms with Crippen molar-refractivity contribution in [3.8, 4) is 0 Å². The highest BCUT2D eigenvalue weighted by atomic mass is 16.6. The summed E-state index contributed by atoms with van der Waals surface area (Å²) in [5.74, 6) is -0.369. The monoisotopic (exact) mass is 291 g/mol. The lowest BCUT2D eigenvalue weighted by Gasteiger charge is -2.18. The van der Waals surface area contributed by atoms with Crippen LogP contribution in [0.4, 0.5) is 16.2 Å². The van der Waals surface area contributed by atoms with Gasteiger partial charge in [0.2, 0.25) is 5.91 Å². The van der Waals surface area contributed by atoms with Gasteiger partial charge in [0.1, 0.15) is 6.04 Å². The van der Waals surface area contributed by atoms with E-state index < -0.39 is 0 Å². The molecule has 114 valence electrons. The third-order valence-corrected chi connectivity index (χ3v) is 3.56. The predicted octanol–water partition coefficient (Wildman–Crippen LogP) is 1.88. The molecule has 0 radical (unpaired) electrons. The number of primary amides is 1. The molecule has 1 heterocycles. The fraction of sp³-hybridized carbons (Fsp3) is 0.467. The molecule has 0 aliphatic carbocycles. The smallest absolute Gasteiger partial charge is 0.414 e. The normalized spacial score (nSPS) is 14.5. The van der Waals surface area contributed by atoms with E-state index in [9.17, 15) is 9.59 Å². The summed E-state index contributed by atoms with van der Waals surface area (Å²) < 4.78 is 5.04. The minimum Gasteiger partial charge on any atom is -0.449 e. The molecular formula is C15H21N3O3. The molecule has 1 atom stereocenters. The Balaban J connectivity index is 2.14. The third-order valence-electron chi connectivity index (χ3n) is 3.56. The Labute approximate surface area is 124 Å². The summed E-state index contributed by atoms with van der Waals surface area (Å²) in [6.45, 7) is 4.67. The van der Waals surface area contributed by atoms with Crippen molar-refractivity contribution in [3.63, 3.8) is 0 Å². The van der Waals surface area contributed by atoms with Gasteiger partial charge in [0.15, 0.2) is 0 Å². The second-order valence-electron chi connectivity index (χ2n) is 4.95. The van der Waals surface area contributed by atoms with Gasteiger partial charge in [0.25, 0.3) is 0 Å². The van der Waals surface area contributed by atoms with Gasteiger partial charge in [-0.1, -0.05) is 6.92 Å². The average Bonchev–Trinajstić information content (AvgIpc) is 2.87. The Kier molecular flexibility index (Phi) is 4.67. The van der Waals surface area contributed by atoms with Crippen molar-refractivity contribution in [1.82, 2.24) is 0 Å². The van der Waals surface area contributed by atoms with Gasteiger partial charge in [-0.15, -0.1) is 0 Å². The second-order valence-corrected chi connectivity index (χ2v) is 4.95. The Morgan fingerprint density at radius 1 is 1.43 bits per heavy atom. The van der Waals surface area contributed by atoms with Crippen molar-refractivity contribution < 1.29 is 14.3 Å². The molecule has 0 saturated carbocycles. The van der Waals surface area contributed by atoms with E-state index in [4.69, 9.17) is 10.5 Å². The highest BCUT2D eigenvalue weighted by Crippen LogP contribution is 2.31. The number of hydrogen-bond acceptors (Lipinski definition) is 4. The summed E-state index contributed by atoms with van der Waals surface area (Å²) in [5.41, 5.74) is 8.10. The fourth-order valence-electron chi connectivity index (χ4n) is 2.46. The summed E-state index contributed by atoms with van der Waals surface area (Å²) in [4.78, 5) is 24.7. The van der Waals surface area contributed by atoms with Gasteiger partial charge in [-0.05, 0) is 43.5 Å². The quantitative estimate of drug-likeness (QED) is 0.867. The number of carbonyl (C=O) groups is 2. The van der Waals surface area contributed by atoms with E-state index in [-0.39, 0.29) is 18.0 Å². The number of nitrogens with one attached hydrogen (secondary N) is 1. The number of nitrogens with two attached hydrogens (primary N) is 1. The van der Waals surface area contributed by atoms with Crippen LogP contribution in [0, 0.1) is 0 Å². The van der Waals surface area contributed by atoms with Crippen LogP contribution in [0.1, 0.15) is 25.8 Å². The van der Waals surface area contributed by atoms with Gasteiger partial charge >= 0.3 is 6.09 Å². The molecule has 1 aromatic carbocycles. The molecular weight excluding hydrogens is 270 g/mol. The highest BCUT2D eigenvalue weighted by Gasteiger charge is 2.26. The molecule has 2 amide bonds. The number of amides is 2. The van der Waals surface area contributed by atoms with Crippen LogP contribution in [0.5, 0.6) is 0 Å². The number of anilines is 2. The minimum absolute atomic E-state index is 0.319. The standard InChI is InChI=1S/C15H21N3O3/c1-3-12(14(16)19)17-11-5-6-13-10(9-11)7-8-18(13)15(20)21-4-2/h5-6,9,12,17H,3-4,7-8H2,1-2H3,(H2,16,19). The number of nitrogens with zero attached hydrogens (tertiary/aromatic N) is 1. The minimum atomic E-state index is -0.384. The molecule has 1 aliphatic rings. The van der Waals surface area contributed by atoms with Gasteiger partial charge in [-0.2, -0.15) is 0 Å². The van der Waals surface area contributed by atoms with Crippen LogP contribution >= 0.6 is 0 Å². The van der Waals surface area contributed by atoms with E-state index >= 15 is 0 Å². The number of fused-ring (bicyclic) bond motifs is 1. The van der Waals surface area contributed by atoms with Crippen LogP contribution in [0.25, 0.3) is 0 Å². The highest BCUT2D eigenvalue weighted by molar-refractivity contribution is 5.91. The van der Waals surface area contributed by atoms with Gasteiger partial charge in [-0.3, -0.25) is 9.69 Å². The molecule has 6 heteroatoms. The molecule has 6 nitrogen and oxygen atoms in total. The maximum absolute atomic E-state index is 11.8. The van der Waals surface area contributed by atoms with E-state index in [1.54, 1.807) is 11.8 Å². The molecule has 21 heavy (non-hydrogen) atoms. The molecule has 0 spiro atoms. The lowest BCUT2D eigenvalue weighted by Crippen LogP contribution is -2.34. The fourth-order valence-corrected chi connectivity index (χ4v) is 2.46. The summed E-state index contributed by atoms with van der Waals surface area (Å²) in [6.07, 6.45) is 1.08. The van der Waals surface area contributed by atoms with Crippen molar-refractivity contribution in [1.29, 1.82) is 0 Å².